The summed E-state index contributed by atoms with van der Waals surface area (Å²) in [6.45, 7) is 4.58. The standard InChI is InChI=1S/C16H20N6O2/c1-16(2)12(7-13(16)23)20-14-10(8-17)9-19-15(21-14)18-5-3-11-4-6-24-22-11/h4,6,9,12-13,23H,3,5,7H2,1-2H3,(H2,18,19,20,21)/t12-,13+/m1/s1. The van der Waals surface area contributed by atoms with Crippen molar-refractivity contribution < 1.29 is 9.63 Å². The largest absolute Gasteiger partial charge is 0.392 e. The van der Waals surface area contributed by atoms with Gasteiger partial charge in [0.1, 0.15) is 23.7 Å². The van der Waals surface area contributed by atoms with Crippen LogP contribution in [-0.4, -0.2) is 38.9 Å². The first-order chi connectivity index (χ1) is 11.5. The second-order valence-electron chi connectivity index (χ2n) is 6.51. The minimum Gasteiger partial charge on any atom is -0.392 e. The van der Waals surface area contributed by atoms with E-state index in [1.807, 2.05) is 13.8 Å². The van der Waals surface area contributed by atoms with Crippen LogP contribution in [0.4, 0.5) is 11.8 Å². The van der Waals surface area contributed by atoms with E-state index in [1.165, 1.54) is 12.5 Å². The number of nitriles is 1. The smallest absolute Gasteiger partial charge is 0.224 e. The molecular formula is C16H20N6O2. The number of hydrogen-bond donors (Lipinski definition) is 3. The highest BCUT2D eigenvalue weighted by Gasteiger charge is 2.47. The Hall–Kier alpha value is -2.66. The monoisotopic (exact) mass is 328 g/mol. The molecule has 2 atom stereocenters. The fourth-order valence-electron chi connectivity index (χ4n) is 2.64. The molecule has 1 fully saturated rings. The van der Waals surface area contributed by atoms with Crippen molar-refractivity contribution in [3.8, 4) is 6.07 Å². The van der Waals surface area contributed by atoms with Crippen molar-refractivity contribution in [1.82, 2.24) is 15.1 Å². The van der Waals surface area contributed by atoms with Gasteiger partial charge in [-0.25, -0.2) is 4.98 Å². The van der Waals surface area contributed by atoms with E-state index < -0.39 is 0 Å². The van der Waals surface area contributed by atoms with Gasteiger partial charge < -0.3 is 20.3 Å². The van der Waals surface area contributed by atoms with E-state index in [9.17, 15) is 10.4 Å². The van der Waals surface area contributed by atoms with Gasteiger partial charge in [0.05, 0.1) is 18.0 Å². The maximum atomic E-state index is 9.85. The van der Waals surface area contributed by atoms with Crippen molar-refractivity contribution in [3.05, 3.63) is 29.8 Å². The Bertz CT molecular complexity index is 738. The third-order valence-corrected chi connectivity index (χ3v) is 4.59. The van der Waals surface area contributed by atoms with Crippen LogP contribution < -0.4 is 10.6 Å². The highest BCUT2D eigenvalue weighted by molar-refractivity contribution is 5.54. The van der Waals surface area contributed by atoms with Crippen molar-refractivity contribution >= 4 is 11.8 Å². The van der Waals surface area contributed by atoms with Gasteiger partial charge in [-0.3, -0.25) is 0 Å². The predicted octanol–water partition coefficient (Wildman–Crippen LogP) is 1.56. The van der Waals surface area contributed by atoms with E-state index in [0.717, 1.165) is 5.69 Å². The van der Waals surface area contributed by atoms with E-state index in [-0.39, 0.29) is 17.6 Å². The summed E-state index contributed by atoms with van der Waals surface area (Å²) >= 11 is 0. The lowest BCUT2D eigenvalue weighted by Gasteiger charge is -2.49. The van der Waals surface area contributed by atoms with Crippen molar-refractivity contribution in [1.29, 1.82) is 5.26 Å². The lowest BCUT2D eigenvalue weighted by Crippen LogP contribution is -2.57. The van der Waals surface area contributed by atoms with Crippen LogP contribution in [0.2, 0.25) is 0 Å². The molecule has 0 radical (unpaired) electrons. The van der Waals surface area contributed by atoms with Crippen molar-refractivity contribution in [2.75, 3.05) is 17.2 Å². The van der Waals surface area contributed by atoms with Crippen LogP contribution in [0.3, 0.4) is 0 Å². The van der Waals surface area contributed by atoms with Crippen molar-refractivity contribution in [2.45, 2.75) is 38.8 Å². The van der Waals surface area contributed by atoms with E-state index in [2.05, 4.69) is 31.8 Å². The second-order valence-corrected chi connectivity index (χ2v) is 6.51. The highest BCUT2D eigenvalue weighted by atomic mass is 16.5. The van der Waals surface area contributed by atoms with Gasteiger partial charge in [-0.05, 0) is 6.42 Å². The molecule has 3 N–H and O–H groups in total. The lowest BCUT2D eigenvalue weighted by atomic mass is 9.64. The maximum absolute atomic E-state index is 9.85. The predicted molar refractivity (Wildman–Crippen MR) is 87.3 cm³/mol. The zero-order chi connectivity index (χ0) is 17.2. The van der Waals surface area contributed by atoms with Crippen LogP contribution in [0.25, 0.3) is 0 Å². The molecule has 24 heavy (non-hydrogen) atoms. The highest BCUT2D eigenvalue weighted by Crippen LogP contribution is 2.42. The van der Waals surface area contributed by atoms with E-state index in [1.54, 1.807) is 6.07 Å². The Morgan fingerprint density at radius 1 is 1.50 bits per heavy atom. The molecule has 0 aromatic carbocycles. The number of aliphatic hydroxyl groups excluding tert-OH is 1. The zero-order valence-electron chi connectivity index (χ0n) is 13.7. The number of anilines is 2. The van der Waals surface area contributed by atoms with Crippen LogP contribution >= 0.6 is 0 Å². The van der Waals surface area contributed by atoms with Gasteiger partial charge >= 0.3 is 0 Å². The molecule has 0 bridgehead atoms. The van der Waals surface area contributed by atoms with Gasteiger partial charge in [0.15, 0.2) is 0 Å². The Kier molecular flexibility index (Phi) is 4.36. The van der Waals surface area contributed by atoms with Crippen LogP contribution in [0, 0.1) is 16.7 Å². The summed E-state index contributed by atoms with van der Waals surface area (Å²) in [6, 6.07) is 3.96. The SMILES string of the molecule is CC1(C)[C@@H](O)C[C@H]1Nc1nc(NCCc2ccon2)ncc1C#N. The topological polar surface area (TPSA) is 120 Å². The average molecular weight is 328 g/mol. The number of hydrogen-bond acceptors (Lipinski definition) is 8. The molecule has 2 aromatic heterocycles. The summed E-state index contributed by atoms with van der Waals surface area (Å²) in [4.78, 5) is 8.55. The van der Waals surface area contributed by atoms with Crippen LogP contribution in [-0.2, 0) is 6.42 Å². The first-order valence-electron chi connectivity index (χ1n) is 7.85. The fourth-order valence-corrected chi connectivity index (χ4v) is 2.64. The number of aliphatic hydroxyl groups is 1. The molecule has 0 saturated heterocycles. The van der Waals surface area contributed by atoms with Gasteiger partial charge in [-0.2, -0.15) is 10.2 Å². The minimum absolute atomic E-state index is 0.0671. The number of rotatable bonds is 6. The molecule has 0 amide bonds. The molecule has 8 nitrogen and oxygen atoms in total. The quantitative estimate of drug-likeness (QED) is 0.731. The van der Waals surface area contributed by atoms with E-state index >= 15 is 0 Å². The van der Waals surface area contributed by atoms with Gasteiger partial charge in [0, 0.05) is 30.5 Å². The molecule has 1 saturated carbocycles. The lowest BCUT2D eigenvalue weighted by molar-refractivity contribution is -0.0511. The molecule has 1 aliphatic carbocycles. The van der Waals surface area contributed by atoms with Crippen LogP contribution in [0.5, 0.6) is 0 Å². The average Bonchev–Trinajstić information content (AvgIpc) is 3.08. The third kappa shape index (κ3) is 3.16. The molecule has 8 heteroatoms. The molecular weight excluding hydrogens is 308 g/mol. The van der Waals surface area contributed by atoms with Gasteiger partial charge in [0.2, 0.25) is 5.95 Å². The fraction of sp³-hybridized carbons (Fsp3) is 0.500. The summed E-state index contributed by atoms with van der Waals surface area (Å²) in [6.07, 6.45) is 4.00. The molecule has 2 heterocycles. The first-order valence-corrected chi connectivity index (χ1v) is 7.85. The first kappa shape index (κ1) is 16.2. The summed E-state index contributed by atoms with van der Waals surface area (Å²) in [7, 11) is 0. The molecule has 2 aromatic rings. The summed E-state index contributed by atoms with van der Waals surface area (Å²) in [5.41, 5.74) is 0.979. The maximum Gasteiger partial charge on any atom is 0.224 e. The molecule has 3 rings (SSSR count). The summed E-state index contributed by atoms with van der Waals surface area (Å²) in [5.74, 6) is 0.930. The Morgan fingerprint density at radius 3 is 2.96 bits per heavy atom. The Morgan fingerprint density at radius 2 is 2.33 bits per heavy atom. The van der Waals surface area contributed by atoms with Crippen LogP contribution in [0.1, 0.15) is 31.5 Å². The Balaban J connectivity index is 1.66. The number of nitrogens with zero attached hydrogens (tertiary/aromatic N) is 4. The molecule has 0 spiro atoms. The van der Waals surface area contributed by atoms with E-state index in [4.69, 9.17) is 4.52 Å². The molecule has 1 aliphatic rings. The third-order valence-electron chi connectivity index (χ3n) is 4.59. The summed E-state index contributed by atoms with van der Waals surface area (Å²) < 4.78 is 4.78. The molecule has 0 aliphatic heterocycles. The Labute approximate surface area is 139 Å². The minimum atomic E-state index is -0.345. The van der Waals surface area contributed by atoms with Crippen molar-refractivity contribution in [2.24, 2.45) is 5.41 Å². The van der Waals surface area contributed by atoms with Crippen LogP contribution in [0.15, 0.2) is 23.0 Å². The molecule has 0 unspecified atom stereocenters. The van der Waals surface area contributed by atoms with E-state index in [0.29, 0.717) is 36.7 Å². The zero-order valence-corrected chi connectivity index (χ0v) is 13.7. The van der Waals surface area contributed by atoms with Gasteiger partial charge in [-0.15, -0.1) is 0 Å². The van der Waals surface area contributed by atoms with Crippen molar-refractivity contribution in [3.63, 3.8) is 0 Å². The number of nitrogens with one attached hydrogen (secondary N) is 2. The summed E-state index contributed by atoms with van der Waals surface area (Å²) in [5, 5.41) is 29.3. The van der Waals surface area contributed by atoms with Gasteiger partial charge in [0.25, 0.3) is 0 Å². The second kappa shape index (κ2) is 6.45. The normalized spacial score (nSPS) is 21.6. The van der Waals surface area contributed by atoms with Gasteiger partial charge in [-0.1, -0.05) is 19.0 Å². The molecule has 126 valence electrons. The number of aromatic nitrogens is 3.